The van der Waals surface area contributed by atoms with Crippen LogP contribution in [0.4, 0.5) is 14.5 Å². The fourth-order valence-electron chi connectivity index (χ4n) is 5.53. The van der Waals surface area contributed by atoms with Crippen molar-refractivity contribution < 1.29 is 18.4 Å². The van der Waals surface area contributed by atoms with Crippen molar-refractivity contribution in [2.75, 3.05) is 4.90 Å². The number of nitrogens with zero attached hydrogens (tertiary/aromatic N) is 3. The van der Waals surface area contributed by atoms with Crippen LogP contribution in [0.25, 0.3) is 16.7 Å². The summed E-state index contributed by atoms with van der Waals surface area (Å²) in [4.78, 5) is 32.8. The molecule has 3 heterocycles. The molecular formula is C27H15F2N3O2. The fraction of sp³-hybridized carbons (Fsp3) is 0.0741. The summed E-state index contributed by atoms with van der Waals surface area (Å²) in [5.41, 5.74) is 4.20. The molecule has 7 heteroatoms. The monoisotopic (exact) mass is 451 g/mol. The van der Waals surface area contributed by atoms with Crippen LogP contribution in [0.5, 0.6) is 0 Å². The maximum Gasteiger partial charge on any atom is 0.265 e. The molecule has 0 saturated heterocycles. The number of para-hydroxylation sites is 1. The topological polar surface area (TPSA) is 55.2 Å². The predicted molar refractivity (Wildman–Crippen MR) is 122 cm³/mol. The highest BCUT2D eigenvalue weighted by Crippen LogP contribution is 2.54. The van der Waals surface area contributed by atoms with E-state index in [0.29, 0.717) is 45.0 Å². The maximum absolute atomic E-state index is 14.1. The Morgan fingerprint density at radius 1 is 0.971 bits per heavy atom. The first-order valence-electron chi connectivity index (χ1n) is 10.8. The molecule has 7 rings (SSSR count). The number of aromatic nitrogens is 2. The van der Waals surface area contributed by atoms with Crippen molar-refractivity contribution in [3.8, 4) is 0 Å². The van der Waals surface area contributed by atoms with Crippen LogP contribution in [0.1, 0.15) is 11.7 Å². The Bertz CT molecular complexity index is 1640. The first-order chi connectivity index (χ1) is 16.5. The normalized spacial score (nSPS) is 22.6. The molecule has 0 N–H and O–H groups in total. The lowest BCUT2D eigenvalue weighted by atomic mass is 9.66. The van der Waals surface area contributed by atoms with Crippen LogP contribution < -0.4 is 4.90 Å². The summed E-state index contributed by atoms with van der Waals surface area (Å²) in [7, 11) is 0. The van der Waals surface area contributed by atoms with Gasteiger partial charge in [0.25, 0.3) is 11.8 Å². The first-order valence-corrected chi connectivity index (χ1v) is 10.8. The fourth-order valence-corrected chi connectivity index (χ4v) is 5.53. The summed E-state index contributed by atoms with van der Waals surface area (Å²) in [6.45, 7) is 4.22. The largest absolute Gasteiger partial charge is 0.296 e. The Kier molecular flexibility index (Phi) is 3.57. The van der Waals surface area contributed by atoms with Gasteiger partial charge in [0, 0.05) is 40.8 Å². The highest BCUT2D eigenvalue weighted by Gasteiger charge is 2.49. The second-order valence-corrected chi connectivity index (χ2v) is 8.68. The zero-order valence-electron chi connectivity index (χ0n) is 17.6. The zero-order chi connectivity index (χ0) is 23.3. The average molecular weight is 451 g/mol. The first kappa shape index (κ1) is 19.1. The van der Waals surface area contributed by atoms with Gasteiger partial charge in [0.2, 0.25) is 0 Å². The minimum absolute atomic E-state index is 0.318. The number of imidazole rings is 1. The highest BCUT2D eigenvalue weighted by molar-refractivity contribution is 6.31. The number of imide groups is 1. The van der Waals surface area contributed by atoms with E-state index in [2.05, 4.69) is 11.6 Å². The molecule has 4 aliphatic rings. The Morgan fingerprint density at radius 3 is 2.53 bits per heavy atom. The number of carbonyl (C=O) groups is 2. The highest BCUT2D eigenvalue weighted by atomic mass is 19.2. The van der Waals surface area contributed by atoms with Gasteiger partial charge in [-0.2, -0.15) is 0 Å². The third kappa shape index (κ3) is 2.23. The number of allylic oxidation sites excluding steroid dienone is 5. The third-order valence-corrected chi connectivity index (χ3v) is 6.99. The van der Waals surface area contributed by atoms with Crippen molar-refractivity contribution in [3.63, 3.8) is 0 Å². The van der Waals surface area contributed by atoms with Crippen LogP contribution in [-0.4, -0.2) is 21.4 Å². The van der Waals surface area contributed by atoms with Gasteiger partial charge in [0.15, 0.2) is 11.6 Å². The molecular weight excluding hydrogens is 436 g/mol. The van der Waals surface area contributed by atoms with E-state index in [1.807, 2.05) is 18.2 Å². The molecule has 164 valence electrons. The number of hydrogen-bond donors (Lipinski definition) is 0. The Morgan fingerprint density at radius 2 is 1.74 bits per heavy atom. The summed E-state index contributed by atoms with van der Waals surface area (Å²) in [6.07, 6.45) is 7.17. The van der Waals surface area contributed by atoms with Crippen molar-refractivity contribution in [3.05, 3.63) is 113 Å². The standard InChI is InChI=1S/C27H15F2N3O2/c1-13-15-7-9-17-24-18(27(34)32(26(17)33)14-5-3-2-4-6-14)10-8-16(23(15)24)25-30-21-11-19(28)20(29)12-22(21)31(13)25/h2-12,16,23H,1H2. The molecule has 5 nitrogen and oxygen atoms in total. The number of carbonyl (C=O) groups excluding carboxylic acids is 2. The molecule has 2 aliphatic carbocycles. The Hall–Kier alpha value is -4.39. The van der Waals surface area contributed by atoms with Crippen LogP contribution in [0.2, 0.25) is 0 Å². The molecule has 2 aliphatic heterocycles. The van der Waals surface area contributed by atoms with Gasteiger partial charge in [0.1, 0.15) is 5.82 Å². The van der Waals surface area contributed by atoms with Crippen LogP contribution in [0.15, 0.2) is 95.6 Å². The van der Waals surface area contributed by atoms with E-state index in [1.165, 1.54) is 4.90 Å². The van der Waals surface area contributed by atoms with Crippen molar-refractivity contribution >= 4 is 34.2 Å². The number of anilines is 1. The van der Waals surface area contributed by atoms with Gasteiger partial charge in [-0.3, -0.25) is 14.2 Å². The van der Waals surface area contributed by atoms with Gasteiger partial charge in [0.05, 0.1) is 16.7 Å². The maximum atomic E-state index is 14.1. The van der Waals surface area contributed by atoms with Gasteiger partial charge >= 0.3 is 0 Å². The Labute approximate surface area is 192 Å². The number of amides is 2. The molecule has 3 aromatic rings. The molecule has 34 heavy (non-hydrogen) atoms. The van der Waals surface area contributed by atoms with Gasteiger partial charge < -0.3 is 0 Å². The molecule has 1 aromatic heterocycles. The van der Waals surface area contributed by atoms with Crippen LogP contribution in [0, 0.1) is 17.6 Å². The van der Waals surface area contributed by atoms with E-state index >= 15 is 0 Å². The van der Waals surface area contributed by atoms with E-state index in [-0.39, 0.29) is 23.7 Å². The van der Waals surface area contributed by atoms with Gasteiger partial charge in [-0.1, -0.05) is 43.0 Å². The summed E-state index contributed by atoms with van der Waals surface area (Å²) >= 11 is 0. The van der Waals surface area contributed by atoms with Crippen LogP contribution in [0.3, 0.4) is 0 Å². The molecule has 2 unspecified atom stereocenters. The van der Waals surface area contributed by atoms with Gasteiger partial charge in [-0.15, -0.1) is 0 Å². The van der Waals surface area contributed by atoms with E-state index in [1.54, 1.807) is 41.0 Å². The molecule has 0 spiro atoms. The predicted octanol–water partition coefficient (Wildman–Crippen LogP) is 4.80. The van der Waals surface area contributed by atoms with E-state index < -0.39 is 11.6 Å². The van der Waals surface area contributed by atoms with Crippen molar-refractivity contribution in [1.82, 2.24) is 9.55 Å². The number of halogens is 2. The van der Waals surface area contributed by atoms with Crippen LogP contribution in [-0.2, 0) is 9.59 Å². The lowest BCUT2D eigenvalue weighted by Crippen LogP contribution is -2.46. The smallest absolute Gasteiger partial charge is 0.265 e. The van der Waals surface area contributed by atoms with Crippen molar-refractivity contribution in [2.24, 2.45) is 5.92 Å². The molecule has 0 radical (unpaired) electrons. The minimum atomic E-state index is -0.970. The molecule has 0 fully saturated rings. The summed E-state index contributed by atoms with van der Waals surface area (Å²) < 4.78 is 29.7. The third-order valence-electron chi connectivity index (χ3n) is 6.99. The van der Waals surface area contributed by atoms with Crippen molar-refractivity contribution in [1.29, 1.82) is 0 Å². The second kappa shape index (κ2) is 6.35. The molecule has 0 saturated carbocycles. The molecule has 2 atom stereocenters. The number of rotatable bonds is 1. The zero-order valence-corrected chi connectivity index (χ0v) is 17.6. The number of fused-ring (bicyclic) bond motifs is 4. The summed E-state index contributed by atoms with van der Waals surface area (Å²) in [5, 5.41) is 0. The second-order valence-electron chi connectivity index (χ2n) is 8.68. The van der Waals surface area contributed by atoms with E-state index in [0.717, 1.165) is 17.7 Å². The van der Waals surface area contributed by atoms with Crippen LogP contribution >= 0.6 is 0 Å². The lowest BCUT2D eigenvalue weighted by Gasteiger charge is -2.43. The quantitative estimate of drug-likeness (QED) is 0.500. The van der Waals surface area contributed by atoms with Gasteiger partial charge in [-0.05, 0) is 29.4 Å². The number of benzene rings is 2. The summed E-state index contributed by atoms with van der Waals surface area (Å²) in [5.74, 6) is -2.77. The summed E-state index contributed by atoms with van der Waals surface area (Å²) in [6, 6.07) is 11.0. The SMILES string of the molecule is C=C1C2=CC=C3C(=O)N(c4ccccc4)C(=O)C4=C3C2C(C=C4)c2nc3cc(F)c(F)cc3n21. The van der Waals surface area contributed by atoms with Crippen molar-refractivity contribution in [2.45, 2.75) is 5.92 Å². The lowest BCUT2D eigenvalue weighted by molar-refractivity contribution is -0.123. The van der Waals surface area contributed by atoms with Gasteiger partial charge in [-0.25, -0.2) is 18.7 Å². The number of hydrogen-bond acceptors (Lipinski definition) is 3. The minimum Gasteiger partial charge on any atom is -0.296 e. The molecule has 2 aromatic carbocycles. The molecule has 2 amide bonds. The van der Waals surface area contributed by atoms with E-state index in [9.17, 15) is 18.4 Å². The van der Waals surface area contributed by atoms with E-state index in [4.69, 9.17) is 0 Å². The average Bonchev–Trinajstić information content (AvgIpc) is 3.20. The Balaban J connectivity index is 1.45. The molecule has 0 bridgehead atoms.